The quantitative estimate of drug-likeness (QED) is 0.523. The second-order valence-corrected chi connectivity index (χ2v) is 5.18. The minimum absolute atomic E-state index is 0.173. The first-order valence-electron chi connectivity index (χ1n) is 5.56. The molecule has 0 aromatic heterocycles. The van der Waals surface area contributed by atoms with E-state index in [1.165, 1.54) is 0 Å². The molecule has 0 radical (unpaired) electrons. The van der Waals surface area contributed by atoms with Crippen LogP contribution in [0.4, 0.5) is 0 Å². The summed E-state index contributed by atoms with van der Waals surface area (Å²) in [6.07, 6.45) is -0.505. The molecule has 0 aliphatic carbocycles. The van der Waals surface area contributed by atoms with Crippen molar-refractivity contribution in [3.8, 4) is 0 Å². The third-order valence-corrected chi connectivity index (χ3v) is 2.48. The fourth-order valence-corrected chi connectivity index (χ4v) is 1.18. The van der Waals surface area contributed by atoms with Gasteiger partial charge in [0.05, 0.1) is 6.04 Å². The summed E-state index contributed by atoms with van der Waals surface area (Å²) in [4.78, 5) is 32.9. The normalized spacial score (nSPS) is 14.7. The number of aliphatic carboxylic acids is 2. The van der Waals surface area contributed by atoms with Gasteiger partial charge in [0.25, 0.3) is 0 Å². The summed E-state index contributed by atoms with van der Waals surface area (Å²) in [5, 5.41) is 19.6. The van der Waals surface area contributed by atoms with Crippen molar-refractivity contribution in [3.63, 3.8) is 0 Å². The fourth-order valence-electron chi connectivity index (χ4n) is 1.18. The van der Waals surface area contributed by atoms with Crippen molar-refractivity contribution in [2.45, 2.75) is 45.7 Å². The molecule has 0 aliphatic heterocycles. The number of carbonyl (C=O) groups is 3. The topological polar surface area (TPSA) is 130 Å². The van der Waals surface area contributed by atoms with Gasteiger partial charge in [-0.1, -0.05) is 20.8 Å². The standard InChI is InChI=1S/C11H20N2O5/c1-11(2,3)8(12)9(16)13-6(10(17)18)4-5-7(14)15/h6,8H,4-5,12H2,1-3H3,(H,13,16)(H,14,15)(H,17,18)/t6?,8-/m0/s1. The summed E-state index contributed by atoms with van der Waals surface area (Å²) in [6, 6.07) is -2.09. The molecule has 2 atom stereocenters. The Kier molecular flexibility index (Phi) is 5.77. The van der Waals surface area contributed by atoms with Gasteiger partial charge in [-0.15, -0.1) is 0 Å². The Morgan fingerprint density at radius 2 is 1.72 bits per heavy atom. The molecule has 0 bridgehead atoms. The van der Waals surface area contributed by atoms with Crippen molar-refractivity contribution in [1.82, 2.24) is 5.32 Å². The largest absolute Gasteiger partial charge is 0.481 e. The highest BCUT2D eigenvalue weighted by atomic mass is 16.4. The number of nitrogens with two attached hydrogens (primary N) is 1. The van der Waals surface area contributed by atoms with Crippen molar-refractivity contribution in [3.05, 3.63) is 0 Å². The maximum Gasteiger partial charge on any atom is 0.326 e. The fraction of sp³-hybridized carbons (Fsp3) is 0.727. The summed E-state index contributed by atoms with van der Waals surface area (Å²) in [5.74, 6) is -2.98. The number of carboxylic acid groups (broad SMARTS) is 2. The van der Waals surface area contributed by atoms with Crippen LogP contribution in [0.1, 0.15) is 33.6 Å². The predicted molar refractivity (Wildman–Crippen MR) is 63.9 cm³/mol. The molecule has 1 unspecified atom stereocenters. The van der Waals surface area contributed by atoms with Crippen molar-refractivity contribution in [1.29, 1.82) is 0 Å². The van der Waals surface area contributed by atoms with Crippen molar-refractivity contribution in [2.75, 3.05) is 0 Å². The Morgan fingerprint density at radius 3 is 2.06 bits per heavy atom. The van der Waals surface area contributed by atoms with Gasteiger partial charge in [0.15, 0.2) is 0 Å². The number of hydrogen-bond donors (Lipinski definition) is 4. The Hall–Kier alpha value is -1.63. The zero-order chi connectivity index (χ0) is 14.5. The van der Waals surface area contributed by atoms with Crippen LogP contribution in [0, 0.1) is 5.41 Å². The van der Waals surface area contributed by atoms with E-state index in [1.807, 2.05) is 0 Å². The number of amides is 1. The first-order chi connectivity index (χ1) is 8.05. The molecule has 0 heterocycles. The average molecular weight is 260 g/mol. The Bertz CT molecular complexity index is 335. The van der Waals surface area contributed by atoms with E-state index in [2.05, 4.69) is 5.32 Å². The van der Waals surface area contributed by atoms with Crippen molar-refractivity contribution in [2.24, 2.45) is 11.1 Å². The maximum atomic E-state index is 11.7. The molecule has 7 nitrogen and oxygen atoms in total. The van der Waals surface area contributed by atoms with Gasteiger partial charge in [0, 0.05) is 6.42 Å². The van der Waals surface area contributed by atoms with Gasteiger partial charge >= 0.3 is 11.9 Å². The van der Waals surface area contributed by atoms with E-state index in [0.29, 0.717) is 0 Å². The van der Waals surface area contributed by atoms with Crippen LogP contribution in [0.5, 0.6) is 0 Å². The Balaban J connectivity index is 4.55. The van der Waals surface area contributed by atoms with Crippen LogP contribution in [0.2, 0.25) is 0 Å². The van der Waals surface area contributed by atoms with Crippen LogP contribution < -0.4 is 11.1 Å². The van der Waals surface area contributed by atoms with Gasteiger partial charge in [-0.05, 0) is 11.8 Å². The number of carbonyl (C=O) groups excluding carboxylic acids is 1. The third-order valence-electron chi connectivity index (χ3n) is 2.48. The van der Waals surface area contributed by atoms with Gasteiger partial charge in [-0.3, -0.25) is 9.59 Å². The van der Waals surface area contributed by atoms with E-state index in [9.17, 15) is 14.4 Å². The smallest absolute Gasteiger partial charge is 0.326 e. The van der Waals surface area contributed by atoms with Gasteiger partial charge in [0.2, 0.25) is 5.91 Å². The van der Waals surface area contributed by atoms with E-state index in [-0.39, 0.29) is 12.8 Å². The second-order valence-electron chi connectivity index (χ2n) is 5.18. The molecule has 1 amide bonds. The Morgan fingerprint density at radius 1 is 1.22 bits per heavy atom. The van der Waals surface area contributed by atoms with E-state index < -0.39 is 35.3 Å². The van der Waals surface area contributed by atoms with Crippen molar-refractivity contribution < 1.29 is 24.6 Å². The third kappa shape index (κ3) is 5.62. The molecule has 0 saturated heterocycles. The van der Waals surface area contributed by atoms with Crippen LogP contribution in [0.15, 0.2) is 0 Å². The summed E-state index contributed by atoms with van der Waals surface area (Å²) in [5.41, 5.74) is 5.18. The lowest BCUT2D eigenvalue weighted by atomic mass is 9.87. The molecule has 0 aromatic rings. The van der Waals surface area contributed by atoms with Crippen LogP contribution in [-0.4, -0.2) is 40.1 Å². The lowest BCUT2D eigenvalue weighted by molar-refractivity contribution is -0.143. The maximum absolute atomic E-state index is 11.7. The molecular formula is C11H20N2O5. The lowest BCUT2D eigenvalue weighted by Crippen LogP contribution is -2.53. The molecule has 0 aliphatic rings. The zero-order valence-corrected chi connectivity index (χ0v) is 10.8. The van der Waals surface area contributed by atoms with Crippen LogP contribution in [0.25, 0.3) is 0 Å². The number of nitrogens with one attached hydrogen (secondary N) is 1. The second kappa shape index (κ2) is 6.34. The summed E-state index contributed by atoms with van der Waals surface area (Å²) in [6.45, 7) is 5.26. The van der Waals surface area contributed by atoms with Gasteiger partial charge < -0.3 is 21.3 Å². The van der Waals surface area contributed by atoms with E-state index in [1.54, 1.807) is 20.8 Å². The highest BCUT2D eigenvalue weighted by Gasteiger charge is 2.30. The predicted octanol–water partition coefficient (Wildman–Crippen LogP) is -0.206. The lowest BCUT2D eigenvalue weighted by Gasteiger charge is -2.27. The molecule has 0 fully saturated rings. The SMILES string of the molecule is CC(C)(C)[C@@H](N)C(=O)NC(CCC(=O)O)C(=O)O. The first-order valence-corrected chi connectivity index (χ1v) is 5.56. The molecule has 0 aromatic carbocycles. The molecule has 0 saturated carbocycles. The number of rotatable bonds is 6. The summed E-state index contributed by atoms with van der Waals surface area (Å²) < 4.78 is 0. The molecule has 104 valence electrons. The number of hydrogen-bond acceptors (Lipinski definition) is 4. The van der Waals surface area contributed by atoms with Gasteiger partial charge in [0.1, 0.15) is 6.04 Å². The molecular weight excluding hydrogens is 240 g/mol. The van der Waals surface area contributed by atoms with E-state index >= 15 is 0 Å². The minimum Gasteiger partial charge on any atom is -0.481 e. The molecule has 0 spiro atoms. The van der Waals surface area contributed by atoms with E-state index in [0.717, 1.165) is 0 Å². The molecule has 18 heavy (non-hydrogen) atoms. The van der Waals surface area contributed by atoms with Gasteiger partial charge in [-0.25, -0.2) is 4.79 Å². The molecule has 7 heteroatoms. The minimum atomic E-state index is -1.27. The summed E-state index contributed by atoms with van der Waals surface area (Å²) >= 11 is 0. The molecule has 5 N–H and O–H groups in total. The van der Waals surface area contributed by atoms with Crippen LogP contribution in [-0.2, 0) is 14.4 Å². The average Bonchev–Trinajstić information content (AvgIpc) is 2.20. The molecule has 0 rings (SSSR count). The van der Waals surface area contributed by atoms with Crippen LogP contribution in [0.3, 0.4) is 0 Å². The highest BCUT2D eigenvalue weighted by Crippen LogP contribution is 2.17. The number of carboxylic acids is 2. The van der Waals surface area contributed by atoms with Crippen LogP contribution >= 0.6 is 0 Å². The zero-order valence-electron chi connectivity index (χ0n) is 10.8. The van der Waals surface area contributed by atoms with Crippen molar-refractivity contribution >= 4 is 17.8 Å². The van der Waals surface area contributed by atoms with E-state index in [4.69, 9.17) is 15.9 Å². The Labute approximate surface area is 105 Å². The van der Waals surface area contributed by atoms with Gasteiger partial charge in [-0.2, -0.15) is 0 Å². The summed E-state index contributed by atoms with van der Waals surface area (Å²) in [7, 11) is 0. The highest BCUT2D eigenvalue weighted by molar-refractivity contribution is 5.87. The monoisotopic (exact) mass is 260 g/mol. The first kappa shape index (κ1) is 16.4.